The molecule has 0 amide bonds. The fourth-order valence-electron chi connectivity index (χ4n) is 4.93. The first-order chi connectivity index (χ1) is 11.6. The summed E-state index contributed by atoms with van der Waals surface area (Å²) >= 11 is 6.28. The highest BCUT2D eigenvalue weighted by atomic mass is 35.5. The van der Waals surface area contributed by atoms with Crippen LogP contribution in [0.5, 0.6) is 5.75 Å². The third kappa shape index (κ3) is 3.23. The molecule has 1 aromatic rings. The Kier molecular flexibility index (Phi) is 4.62. The number of halogens is 1. The van der Waals surface area contributed by atoms with Crippen molar-refractivity contribution in [1.82, 2.24) is 4.90 Å². The Morgan fingerprint density at radius 3 is 2.88 bits per heavy atom. The molecule has 1 aliphatic carbocycles. The van der Waals surface area contributed by atoms with Gasteiger partial charge in [0.1, 0.15) is 5.75 Å². The number of benzene rings is 1. The molecule has 1 fully saturated rings. The van der Waals surface area contributed by atoms with Gasteiger partial charge in [0.25, 0.3) is 0 Å². The van der Waals surface area contributed by atoms with E-state index in [1.165, 1.54) is 50.9 Å². The molecule has 130 valence electrons. The lowest BCUT2D eigenvalue weighted by molar-refractivity contribution is 0.102. The van der Waals surface area contributed by atoms with Crippen LogP contribution >= 0.6 is 11.6 Å². The fraction of sp³-hybridized carbons (Fsp3) is 0.619. The van der Waals surface area contributed by atoms with Crippen molar-refractivity contribution < 1.29 is 4.74 Å². The Labute approximate surface area is 150 Å². The van der Waals surface area contributed by atoms with Gasteiger partial charge in [0, 0.05) is 22.5 Å². The maximum atomic E-state index is 6.28. The summed E-state index contributed by atoms with van der Waals surface area (Å²) in [5, 5.41) is 0.837. The third-order valence-corrected chi connectivity index (χ3v) is 6.55. The summed E-state index contributed by atoms with van der Waals surface area (Å²) in [6.07, 6.45) is 11.0. The van der Waals surface area contributed by atoms with Gasteiger partial charge in [-0.05, 0) is 75.2 Å². The number of piperidine rings is 1. The van der Waals surface area contributed by atoms with Gasteiger partial charge < -0.3 is 9.64 Å². The molecule has 3 heteroatoms. The van der Waals surface area contributed by atoms with Crippen LogP contribution in [0.25, 0.3) is 0 Å². The quantitative estimate of drug-likeness (QED) is 0.695. The Bertz CT molecular complexity index is 618. The molecule has 2 atom stereocenters. The first-order valence-corrected chi connectivity index (χ1v) is 9.84. The zero-order chi connectivity index (χ0) is 16.6. The summed E-state index contributed by atoms with van der Waals surface area (Å²) in [6, 6.07) is 6.16. The Morgan fingerprint density at radius 1 is 1.25 bits per heavy atom. The van der Waals surface area contributed by atoms with E-state index in [9.17, 15) is 0 Å². The molecule has 0 aromatic heterocycles. The van der Waals surface area contributed by atoms with Gasteiger partial charge in [-0.25, -0.2) is 0 Å². The van der Waals surface area contributed by atoms with E-state index in [-0.39, 0.29) is 5.41 Å². The molecular weight excluding hydrogens is 318 g/mol. The molecule has 2 nitrogen and oxygen atoms in total. The lowest BCUT2D eigenvalue weighted by atomic mass is 9.69. The van der Waals surface area contributed by atoms with Crippen molar-refractivity contribution in [3.63, 3.8) is 0 Å². The predicted molar refractivity (Wildman–Crippen MR) is 99.9 cm³/mol. The van der Waals surface area contributed by atoms with Crippen molar-refractivity contribution in [1.29, 1.82) is 0 Å². The van der Waals surface area contributed by atoms with Crippen LogP contribution < -0.4 is 4.74 Å². The van der Waals surface area contributed by atoms with Gasteiger partial charge in [-0.15, -0.1) is 0 Å². The van der Waals surface area contributed by atoms with Crippen LogP contribution in [-0.4, -0.2) is 31.1 Å². The third-order valence-electron chi connectivity index (χ3n) is 6.32. The number of rotatable bonds is 2. The molecule has 0 bridgehead atoms. The van der Waals surface area contributed by atoms with Crippen LogP contribution in [0.15, 0.2) is 30.4 Å². The maximum Gasteiger partial charge on any atom is 0.123 e. The summed E-state index contributed by atoms with van der Waals surface area (Å²) in [4.78, 5) is 2.70. The lowest BCUT2D eigenvalue weighted by Crippen LogP contribution is -2.46. The summed E-state index contributed by atoms with van der Waals surface area (Å²) in [7, 11) is 0. The molecule has 0 N–H and O–H groups in total. The van der Waals surface area contributed by atoms with Gasteiger partial charge in [0.15, 0.2) is 0 Å². The lowest BCUT2D eigenvalue weighted by Gasteiger charge is -2.46. The molecule has 0 saturated carbocycles. The summed E-state index contributed by atoms with van der Waals surface area (Å²) in [5.41, 5.74) is 1.64. The molecule has 0 unspecified atom stereocenters. The summed E-state index contributed by atoms with van der Waals surface area (Å²) in [5.74, 6) is 2.66. The normalized spacial score (nSPS) is 29.2. The minimum atomic E-state index is 0.286. The van der Waals surface area contributed by atoms with E-state index in [4.69, 9.17) is 16.3 Å². The van der Waals surface area contributed by atoms with Gasteiger partial charge in [-0.2, -0.15) is 0 Å². The number of allylic oxidation sites excluding steroid dienone is 2. The largest absolute Gasteiger partial charge is 0.493 e. The van der Waals surface area contributed by atoms with Gasteiger partial charge in [-0.1, -0.05) is 30.7 Å². The van der Waals surface area contributed by atoms with Crippen molar-refractivity contribution in [2.24, 2.45) is 11.8 Å². The Balaban J connectivity index is 1.43. The monoisotopic (exact) mass is 345 g/mol. The molecule has 24 heavy (non-hydrogen) atoms. The van der Waals surface area contributed by atoms with Crippen LogP contribution in [0.3, 0.4) is 0 Å². The molecule has 1 saturated heterocycles. The Morgan fingerprint density at radius 2 is 2.08 bits per heavy atom. The first-order valence-electron chi connectivity index (χ1n) is 9.46. The van der Waals surface area contributed by atoms with Gasteiger partial charge in [-0.3, -0.25) is 0 Å². The SMILES string of the molecule is C[C@@H]1C=CC[C@H](CN2CCC3(CCOc4ccc(Cl)cc43)CC2)C1. The predicted octanol–water partition coefficient (Wildman–Crippen LogP) is 5.06. The molecular formula is C21H28ClNO. The number of likely N-dealkylation sites (tertiary alicyclic amines) is 1. The van der Waals surface area contributed by atoms with E-state index in [2.05, 4.69) is 36.1 Å². The number of nitrogens with zero attached hydrogens (tertiary/aromatic N) is 1. The molecule has 2 aliphatic heterocycles. The standard InChI is InChI=1S/C21H28ClNO/c1-16-3-2-4-17(13-16)15-23-10-7-21(8-11-23)9-12-24-20-6-5-18(22)14-19(20)21/h2-3,5-6,14,16-17H,4,7-13,15H2,1H3/t16-,17+/m1/s1. The van der Waals surface area contributed by atoms with Crippen LogP contribution in [-0.2, 0) is 5.41 Å². The molecule has 0 radical (unpaired) electrons. The zero-order valence-corrected chi connectivity index (χ0v) is 15.4. The first kappa shape index (κ1) is 16.5. The van der Waals surface area contributed by atoms with Gasteiger partial charge in [0.05, 0.1) is 6.61 Å². The highest BCUT2D eigenvalue weighted by Crippen LogP contribution is 2.46. The van der Waals surface area contributed by atoms with E-state index in [1.54, 1.807) is 0 Å². The number of fused-ring (bicyclic) bond motifs is 2. The van der Waals surface area contributed by atoms with Gasteiger partial charge >= 0.3 is 0 Å². The highest BCUT2D eigenvalue weighted by Gasteiger charge is 2.40. The number of hydrogen-bond donors (Lipinski definition) is 0. The van der Waals surface area contributed by atoms with Crippen LogP contribution in [0.1, 0.15) is 44.6 Å². The average Bonchev–Trinajstić information content (AvgIpc) is 2.58. The van der Waals surface area contributed by atoms with Crippen LogP contribution in [0, 0.1) is 11.8 Å². The van der Waals surface area contributed by atoms with E-state index in [0.29, 0.717) is 0 Å². The number of hydrogen-bond acceptors (Lipinski definition) is 2. The van der Waals surface area contributed by atoms with Crippen molar-refractivity contribution in [2.45, 2.75) is 44.4 Å². The van der Waals surface area contributed by atoms with E-state index >= 15 is 0 Å². The molecule has 1 aromatic carbocycles. The van der Waals surface area contributed by atoms with Crippen molar-refractivity contribution in [3.8, 4) is 5.75 Å². The average molecular weight is 346 g/mol. The maximum absolute atomic E-state index is 6.28. The van der Waals surface area contributed by atoms with E-state index in [1.807, 2.05) is 6.07 Å². The molecule has 1 spiro atoms. The van der Waals surface area contributed by atoms with Crippen LogP contribution in [0.2, 0.25) is 5.02 Å². The second kappa shape index (κ2) is 6.72. The minimum absolute atomic E-state index is 0.286. The van der Waals surface area contributed by atoms with Crippen molar-refractivity contribution in [3.05, 3.63) is 40.9 Å². The van der Waals surface area contributed by atoms with Gasteiger partial charge in [0.2, 0.25) is 0 Å². The van der Waals surface area contributed by atoms with Crippen molar-refractivity contribution in [2.75, 3.05) is 26.2 Å². The van der Waals surface area contributed by atoms with Crippen molar-refractivity contribution >= 4 is 11.6 Å². The fourth-order valence-corrected chi connectivity index (χ4v) is 5.11. The summed E-state index contributed by atoms with van der Waals surface area (Å²) < 4.78 is 5.89. The molecule has 3 aliphatic rings. The second-order valence-corrected chi connectivity index (χ2v) is 8.50. The number of ether oxygens (including phenoxy) is 1. The highest BCUT2D eigenvalue weighted by molar-refractivity contribution is 6.30. The Hall–Kier alpha value is -0.990. The molecule has 2 heterocycles. The topological polar surface area (TPSA) is 12.5 Å². The van der Waals surface area contributed by atoms with Crippen LogP contribution in [0.4, 0.5) is 0 Å². The van der Waals surface area contributed by atoms with E-state index in [0.717, 1.165) is 35.6 Å². The zero-order valence-electron chi connectivity index (χ0n) is 14.6. The smallest absolute Gasteiger partial charge is 0.123 e. The second-order valence-electron chi connectivity index (χ2n) is 8.06. The minimum Gasteiger partial charge on any atom is -0.493 e. The molecule has 4 rings (SSSR count). The van der Waals surface area contributed by atoms with E-state index < -0.39 is 0 Å². The summed E-state index contributed by atoms with van der Waals surface area (Å²) in [6.45, 7) is 6.88.